The summed E-state index contributed by atoms with van der Waals surface area (Å²) < 4.78 is 74.9. The number of piperazine rings is 1. The number of nitrogens with zero attached hydrogens (tertiary/aromatic N) is 6. The predicted octanol–water partition coefficient (Wildman–Crippen LogP) is 7.81. The van der Waals surface area contributed by atoms with Crippen molar-refractivity contribution in [2.24, 2.45) is 5.41 Å². The lowest BCUT2D eigenvalue weighted by Gasteiger charge is -2.40. The second-order valence-electron chi connectivity index (χ2n) is 14.2. The highest BCUT2D eigenvalue weighted by atomic mass is 35.5. The molecule has 2 amide bonds. The van der Waals surface area contributed by atoms with Crippen molar-refractivity contribution < 1.29 is 33.8 Å². The van der Waals surface area contributed by atoms with E-state index in [1.54, 1.807) is 32.6 Å². The number of ether oxygens (including phenoxy) is 1. The lowest BCUT2D eigenvalue weighted by atomic mass is 9.87. The first-order valence-electron chi connectivity index (χ1n) is 16.3. The number of rotatable bonds is 7. The molecule has 3 aromatic rings. The summed E-state index contributed by atoms with van der Waals surface area (Å²) in [5.41, 5.74) is 0.494. The zero-order chi connectivity index (χ0) is 36.5. The van der Waals surface area contributed by atoms with E-state index < -0.39 is 49.8 Å². The van der Waals surface area contributed by atoms with Crippen LogP contribution in [0.3, 0.4) is 0 Å². The van der Waals surface area contributed by atoms with Crippen molar-refractivity contribution in [3.8, 4) is 0 Å². The van der Waals surface area contributed by atoms with Gasteiger partial charge in [0.25, 0.3) is 5.56 Å². The molecule has 1 spiro atoms. The summed E-state index contributed by atoms with van der Waals surface area (Å²) in [6.07, 6.45) is 6.85. The van der Waals surface area contributed by atoms with E-state index in [-0.39, 0.29) is 61.9 Å². The molecule has 50 heavy (non-hydrogen) atoms. The van der Waals surface area contributed by atoms with Gasteiger partial charge in [0.15, 0.2) is 5.82 Å². The average molecular weight is 748 g/mol. The molecule has 1 N–H and O–H groups in total. The Hall–Kier alpha value is -3.86. The van der Waals surface area contributed by atoms with Crippen molar-refractivity contribution in [2.45, 2.75) is 83.3 Å². The Bertz CT molecular complexity index is 1980. The molecule has 0 radical (unpaired) electrons. The molecule has 3 heterocycles. The van der Waals surface area contributed by atoms with Gasteiger partial charge in [-0.3, -0.25) is 9.59 Å². The molecule has 11 nitrogen and oxygen atoms in total. The Morgan fingerprint density at radius 1 is 1.06 bits per heavy atom. The first kappa shape index (κ1) is 35.9. The van der Waals surface area contributed by atoms with Crippen molar-refractivity contribution in [1.29, 1.82) is 0 Å². The third-order valence-corrected chi connectivity index (χ3v) is 10.8. The Kier molecular flexibility index (Phi) is 8.33. The lowest BCUT2D eigenvalue weighted by molar-refractivity contribution is -0.116. The van der Waals surface area contributed by atoms with E-state index in [4.69, 9.17) is 21.3 Å². The topological polar surface area (TPSA) is 114 Å². The maximum atomic E-state index is 14.2. The molecule has 2 aliphatic carbocycles. The summed E-state index contributed by atoms with van der Waals surface area (Å²) >= 11 is 5.94. The number of fused-ring (bicyclic) bond motifs is 1. The van der Waals surface area contributed by atoms with Crippen LogP contribution in [0.1, 0.15) is 71.3 Å². The maximum absolute atomic E-state index is 14.2. The number of hydrogen-bond donors (Lipinski definition) is 1. The summed E-state index contributed by atoms with van der Waals surface area (Å²) in [4.78, 5) is 46.3. The number of carbonyl (C=O) groups is 2. The molecule has 1 aromatic carbocycles. The predicted molar refractivity (Wildman–Crippen MR) is 182 cm³/mol. The molecule has 1 saturated heterocycles. The van der Waals surface area contributed by atoms with Gasteiger partial charge in [0.05, 0.1) is 16.4 Å². The molecule has 6 rings (SSSR count). The minimum Gasteiger partial charge on any atom is -0.444 e. The van der Waals surface area contributed by atoms with Crippen molar-refractivity contribution in [1.82, 2.24) is 24.1 Å². The zero-order valence-electron chi connectivity index (χ0n) is 28.1. The minimum atomic E-state index is -10.0. The molecule has 0 bridgehead atoms. The number of anilines is 2. The maximum Gasteiger partial charge on any atom is 0.410 e. The van der Waals surface area contributed by atoms with Gasteiger partial charge in [0, 0.05) is 26.2 Å². The fourth-order valence-corrected chi connectivity index (χ4v) is 7.41. The summed E-state index contributed by atoms with van der Waals surface area (Å²) in [5, 5.41) is 6.28. The molecule has 1 saturated carbocycles. The van der Waals surface area contributed by atoms with Crippen LogP contribution in [0.4, 0.5) is 35.6 Å². The smallest absolute Gasteiger partial charge is 0.410 e. The first-order chi connectivity index (χ1) is 23.1. The van der Waals surface area contributed by atoms with Crippen LogP contribution in [0.2, 0.25) is 5.02 Å². The van der Waals surface area contributed by atoms with E-state index >= 15 is 0 Å². The lowest BCUT2D eigenvalue weighted by Crippen LogP contribution is -2.51. The average Bonchev–Trinajstić information content (AvgIpc) is 3.60. The number of hydrogen-bond acceptors (Lipinski definition) is 7. The normalized spacial score (nSPS) is 19.2. The highest BCUT2D eigenvalue weighted by molar-refractivity contribution is 8.45. The number of allylic oxidation sites excluding steroid dienone is 2. The molecule has 18 heteroatoms. The van der Waals surface area contributed by atoms with Crippen LogP contribution >= 0.6 is 21.8 Å². The van der Waals surface area contributed by atoms with E-state index in [0.717, 1.165) is 29.4 Å². The Balaban J connectivity index is 1.35. The Labute approximate surface area is 290 Å². The van der Waals surface area contributed by atoms with E-state index in [1.165, 1.54) is 17.4 Å². The molecule has 3 aliphatic rings. The second kappa shape index (κ2) is 11.6. The molecule has 2 fully saturated rings. The van der Waals surface area contributed by atoms with Crippen LogP contribution in [0.15, 0.2) is 34.0 Å². The summed E-state index contributed by atoms with van der Waals surface area (Å²) in [6.45, 7) is 7.74. The molecule has 2 aromatic heterocycles. The van der Waals surface area contributed by atoms with Crippen LogP contribution in [0, 0.1) is 5.41 Å². The molecule has 0 unspecified atom stereocenters. The van der Waals surface area contributed by atoms with Crippen LogP contribution in [-0.4, -0.2) is 67.8 Å². The summed E-state index contributed by atoms with van der Waals surface area (Å²) in [7, 11) is -10.0. The Morgan fingerprint density at radius 2 is 1.74 bits per heavy atom. The number of benzene rings is 1. The van der Waals surface area contributed by atoms with Crippen molar-refractivity contribution >= 4 is 56.6 Å². The van der Waals surface area contributed by atoms with Gasteiger partial charge in [-0.15, -0.1) is 5.10 Å². The van der Waals surface area contributed by atoms with E-state index in [9.17, 15) is 33.8 Å². The van der Waals surface area contributed by atoms with Gasteiger partial charge in [-0.05, 0) is 88.5 Å². The van der Waals surface area contributed by atoms with Gasteiger partial charge in [-0.2, -0.15) is 9.50 Å². The zero-order valence-corrected chi connectivity index (χ0v) is 29.7. The number of amides is 2. The third-order valence-electron chi connectivity index (χ3n) is 9.32. The van der Waals surface area contributed by atoms with E-state index in [2.05, 4.69) is 16.5 Å². The van der Waals surface area contributed by atoms with Gasteiger partial charge in [0.2, 0.25) is 11.7 Å². The first-order valence-corrected chi connectivity index (χ1v) is 18.7. The molecular weight excluding hydrogens is 709 g/mol. The van der Waals surface area contributed by atoms with Crippen molar-refractivity contribution in [3.63, 3.8) is 0 Å². The number of carbonyl (C=O) groups excluding carboxylic acids is 2. The van der Waals surface area contributed by atoms with E-state index in [0.29, 0.717) is 23.0 Å². The largest absolute Gasteiger partial charge is 0.444 e. The fraction of sp³-hybridized carbons (Fsp3) is 0.531. The molecule has 1 aliphatic heterocycles. The van der Waals surface area contributed by atoms with Gasteiger partial charge >= 0.3 is 16.3 Å². The highest BCUT2D eigenvalue weighted by Gasteiger charge is 2.65. The van der Waals surface area contributed by atoms with Crippen LogP contribution in [0.5, 0.6) is 0 Å². The van der Waals surface area contributed by atoms with Gasteiger partial charge < -0.3 is 24.4 Å². The van der Waals surface area contributed by atoms with Crippen LogP contribution in [0.25, 0.3) is 11.4 Å². The van der Waals surface area contributed by atoms with Crippen molar-refractivity contribution in [3.05, 3.63) is 51.2 Å². The highest BCUT2D eigenvalue weighted by Crippen LogP contribution is 3.02. The number of nitrogens with one attached hydrogen (secondary N) is 1. The molecular formula is C32H39ClF5N7O4S. The van der Waals surface area contributed by atoms with Gasteiger partial charge in [-0.1, -0.05) is 44.0 Å². The summed E-state index contributed by atoms with van der Waals surface area (Å²) in [5.74, 6) is -0.316. The van der Waals surface area contributed by atoms with Crippen LogP contribution in [-0.2, 0) is 22.5 Å². The van der Waals surface area contributed by atoms with Crippen LogP contribution < -0.4 is 15.8 Å². The van der Waals surface area contributed by atoms with E-state index in [1.807, 2.05) is 4.90 Å². The van der Waals surface area contributed by atoms with Gasteiger partial charge in [0.1, 0.15) is 22.7 Å². The molecule has 0 atom stereocenters. The third kappa shape index (κ3) is 7.43. The van der Waals surface area contributed by atoms with Crippen molar-refractivity contribution in [2.75, 3.05) is 36.4 Å². The number of aromatic nitrogens is 4. The fourth-order valence-electron chi connectivity index (χ4n) is 6.45. The Morgan fingerprint density at radius 3 is 2.28 bits per heavy atom. The molecule has 274 valence electrons. The SMILES string of the molecule is CCc1c(N2CCN(C(=O)OC(C)(C)C)CC2)c(=O)n2nc(C3=CCC4(CC3)CC4)nc2n1CC(=O)Nc1ccc(S(F)(F)(F)(F)F)cc1Cl. The standard InChI is InChI=1S/C32H39ClF5N7O4S/c1-5-24-26(42-14-16-43(17-15-42)30(48)49-31(2,3)4)28(47)45-29(40-27(41-45)20-8-10-32(11-9-20)12-13-32)44(24)19-25(46)39-23-7-6-21(18-22(23)33)50(34,35,36,37)38/h6-8,18H,5,9-17,19H2,1-4H3,(H,39,46). The monoisotopic (exact) mass is 747 g/mol. The van der Waals surface area contributed by atoms with Gasteiger partial charge in [-0.25, -0.2) is 4.79 Å². The number of halogens is 6. The quantitative estimate of drug-likeness (QED) is 0.245. The minimum absolute atomic E-state index is 0.0806. The second-order valence-corrected chi connectivity index (χ2v) is 17.1. The summed E-state index contributed by atoms with van der Waals surface area (Å²) in [6, 6.07) is 0.918.